The number of carbonyl (C=O) groups excluding carboxylic acids is 1. The Kier molecular flexibility index (Phi) is 6.46. The van der Waals surface area contributed by atoms with Gasteiger partial charge < -0.3 is 20.2 Å². The van der Waals surface area contributed by atoms with Gasteiger partial charge in [-0.3, -0.25) is 4.79 Å². The molecule has 0 aliphatic rings. The van der Waals surface area contributed by atoms with Gasteiger partial charge in [-0.05, 0) is 18.6 Å². The lowest BCUT2D eigenvalue weighted by Gasteiger charge is -2.15. The number of unbranched alkanes of at least 4 members (excludes halogenated alkanes) is 1. The van der Waals surface area contributed by atoms with Gasteiger partial charge >= 0.3 is 0 Å². The summed E-state index contributed by atoms with van der Waals surface area (Å²) in [6, 6.07) is 3.40. The number of nitrogens with one attached hydrogen (secondary N) is 1. The first-order valence-electron chi connectivity index (χ1n) is 6.29. The largest absolute Gasteiger partial charge is 0.453 e. The number of rotatable bonds is 8. The molecular weight excluding hydrogens is 232 g/mol. The third kappa shape index (κ3) is 4.50. The van der Waals surface area contributed by atoms with Gasteiger partial charge in [0.15, 0.2) is 5.76 Å². The highest BCUT2D eigenvalue weighted by Crippen LogP contribution is 2.09. The van der Waals surface area contributed by atoms with Crippen LogP contribution >= 0.6 is 0 Å². The average Bonchev–Trinajstić information content (AvgIpc) is 2.83. The first-order chi connectivity index (χ1) is 8.71. The number of amides is 1. The number of methoxy groups -OCH3 is 1. The Morgan fingerprint density at radius 3 is 2.94 bits per heavy atom. The maximum atomic E-state index is 11.9. The van der Waals surface area contributed by atoms with Crippen LogP contribution in [0.2, 0.25) is 0 Å². The fourth-order valence-corrected chi connectivity index (χ4v) is 1.68. The maximum absolute atomic E-state index is 11.9. The van der Waals surface area contributed by atoms with Crippen LogP contribution in [-0.4, -0.2) is 25.6 Å². The van der Waals surface area contributed by atoms with E-state index in [0.717, 1.165) is 19.3 Å². The van der Waals surface area contributed by atoms with E-state index in [9.17, 15) is 4.79 Å². The van der Waals surface area contributed by atoms with E-state index in [1.807, 2.05) is 0 Å². The monoisotopic (exact) mass is 254 g/mol. The Hall–Kier alpha value is -1.33. The van der Waals surface area contributed by atoms with E-state index in [0.29, 0.717) is 24.7 Å². The van der Waals surface area contributed by atoms with E-state index >= 15 is 0 Å². The van der Waals surface area contributed by atoms with Gasteiger partial charge in [0.1, 0.15) is 12.4 Å². The number of hydrogen-bond acceptors (Lipinski definition) is 4. The number of furan rings is 1. The summed E-state index contributed by atoms with van der Waals surface area (Å²) < 4.78 is 10.3. The summed E-state index contributed by atoms with van der Waals surface area (Å²) in [5.74, 6) is 0.724. The lowest BCUT2D eigenvalue weighted by atomic mass is 10.1. The molecule has 5 nitrogen and oxygen atoms in total. The van der Waals surface area contributed by atoms with Crippen molar-refractivity contribution in [1.82, 2.24) is 5.32 Å². The minimum absolute atomic E-state index is 0.00780. The molecule has 0 spiro atoms. The number of nitrogens with two attached hydrogens (primary N) is 1. The van der Waals surface area contributed by atoms with Crippen LogP contribution in [0.4, 0.5) is 0 Å². The van der Waals surface area contributed by atoms with Crippen LogP contribution in [0.1, 0.15) is 42.5 Å². The van der Waals surface area contributed by atoms with Crippen LogP contribution in [0, 0.1) is 0 Å². The Bertz CT molecular complexity index is 363. The molecule has 0 radical (unpaired) electrons. The first-order valence-corrected chi connectivity index (χ1v) is 6.29. The number of hydrogen-bond donors (Lipinski definition) is 2. The van der Waals surface area contributed by atoms with Gasteiger partial charge in [0, 0.05) is 19.7 Å². The molecule has 0 fully saturated rings. The molecule has 1 aromatic rings. The summed E-state index contributed by atoms with van der Waals surface area (Å²) in [4.78, 5) is 11.9. The summed E-state index contributed by atoms with van der Waals surface area (Å²) in [5.41, 5.74) is 5.63. The highest BCUT2D eigenvalue weighted by molar-refractivity contribution is 5.91. The fourth-order valence-electron chi connectivity index (χ4n) is 1.68. The van der Waals surface area contributed by atoms with Crippen molar-refractivity contribution in [3.05, 3.63) is 23.7 Å². The predicted molar refractivity (Wildman–Crippen MR) is 69.3 cm³/mol. The molecule has 0 aliphatic heterocycles. The molecule has 0 saturated carbocycles. The van der Waals surface area contributed by atoms with E-state index in [1.54, 1.807) is 19.2 Å². The van der Waals surface area contributed by atoms with Crippen molar-refractivity contribution >= 4 is 5.91 Å². The second kappa shape index (κ2) is 7.89. The smallest absolute Gasteiger partial charge is 0.287 e. The molecule has 1 rings (SSSR count). The average molecular weight is 254 g/mol. The molecule has 1 heterocycles. The molecule has 1 unspecified atom stereocenters. The van der Waals surface area contributed by atoms with Crippen LogP contribution in [0.15, 0.2) is 16.5 Å². The zero-order valence-corrected chi connectivity index (χ0v) is 11.1. The number of carbonyl (C=O) groups is 1. The van der Waals surface area contributed by atoms with E-state index in [4.69, 9.17) is 14.9 Å². The van der Waals surface area contributed by atoms with Crippen LogP contribution < -0.4 is 11.1 Å². The van der Waals surface area contributed by atoms with Crippen molar-refractivity contribution in [2.24, 2.45) is 5.73 Å². The van der Waals surface area contributed by atoms with Crippen LogP contribution in [0.5, 0.6) is 0 Å². The van der Waals surface area contributed by atoms with E-state index < -0.39 is 0 Å². The molecule has 3 N–H and O–H groups in total. The van der Waals surface area contributed by atoms with Gasteiger partial charge in [-0.15, -0.1) is 0 Å². The second-order valence-electron chi connectivity index (χ2n) is 4.25. The Labute approximate surface area is 108 Å². The standard InChI is InChI=1S/C13H22N2O3/c1-3-4-5-10(8-14)15-13(16)12-7-6-11(18-12)9-17-2/h6-7,10H,3-5,8-9,14H2,1-2H3,(H,15,16). The Balaban J connectivity index is 2.51. The molecule has 0 saturated heterocycles. The Morgan fingerprint density at radius 2 is 2.33 bits per heavy atom. The van der Waals surface area contributed by atoms with Crippen LogP contribution in [-0.2, 0) is 11.3 Å². The summed E-state index contributed by atoms with van der Waals surface area (Å²) in [6.45, 7) is 2.92. The molecule has 1 aromatic heterocycles. The molecule has 0 aliphatic carbocycles. The third-order valence-corrected chi connectivity index (χ3v) is 2.70. The van der Waals surface area contributed by atoms with Crippen LogP contribution in [0.25, 0.3) is 0 Å². The van der Waals surface area contributed by atoms with E-state index in [-0.39, 0.29) is 11.9 Å². The first kappa shape index (κ1) is 14.7. The SMILES string of the molecule is CCCCC(CN)NC(=O)c1ccc(COC)o1. The van der Waals surface area contributed by atoms with Crippen molar-refractivity contribution in [1.29, 1.82) is 0 Å². The lowest BCUT2D eigenvalue weighted by molar-refractivity contribution is 0.0899. The van der Waals surface area contributed by atoms with Crippen molar-refractivity contribution in [3.8, 4) is 0 Å². The second-order valence-corrected chi connectivity index (χ2v) is 4.25. The van der Waals surface area contributed by atoms with Crippen molar-refractivity contribution in [2.75, 3.05) is 13.7 Å². The topological polar surface area (TPSA) is 77.5 Å². The molecule has 5 heteroatoms. The molecule has 0 bridgehead atoms. The van der Waals surface area contributed by atoms with Gasteiger partial charge in [0.2, 0.25) is 0 Å². The van der Waals surface area contributed by atoms with Crippen molar-refractivity contribution < 1.29 is 13.9 Å². The molecule has 0 aromatic carbocycles. The maximum Gasteiger partial charge on any atom is 0.287 e. The zero-order chi connectivity index (χ0) is 13.4. The summed E-state index contributed by atoms with van der Waals surface area (Å²) >= 11 is 0. The molecule has 1 amide bonds. The van der Waals surface area contributed by atoms with Crippen molar-refractivity contribution in [2.45, 2.75) is 38.8 Å². The van der Waals surface area contributed by atoms with Crippen molar-refractivity contribution in [3.63, 3.8) is 0 Å². The summed E-state index contributed by atoms with van der Waals surface area (Å²) in [6.07, 6.45) is 3.03. The summed E-state index contributed by atoms with van der Waals surface area (Å²) in [7, 11) is 1.58. The van der Waals surface area contributed by atoms with Gasteiger partial charge in [-0.25, -0.2) is 0 Å². The molecular formula is C13H22N2O3. The Morgan fingerprint density at radius 1 is 1.56 bits per heavy atom. The van der Waals surface area contributed by atoms with Gasteiger partial charge in [0.25, 0.3) is 5.91 Å². The third-order valence-electron chi connectivity index (χ3n) is 2.70. The van der Waals surface area contributed by atoms with Crippen LogP contribution in [0.3, 0.4) is 0 Å². The van der Waals surface area contributed by atoms with Gasteiger partial charge in [-0.1, -0.05) is 19.8 Å². The predicted octanol–water partition coefficient (Wildman–Crippen LogP) is 1.67. The summed E-state index contributed by atoms with van der Waals surface area (Å²) in [5, 5.41) is 2.87. The quantitative estimate of drug-likeness (QED) is 0.739. The zero-order valence-electron chi connectivity index (χ0n) is 11.1. The van der Waals surface area contributed by atoms with Gasteiger partial charge in [0.05, 0.1) is 0 Å². The molecule has 18 heavy (non-hydrogen) atoms. The minimum atomic E-state index is -0.219. The van der Waals surface area contributed by atoms with E-state index in [1.165, 1.54) is 0 Å². The minimum Gasteiger partial charge on any atom is -0.453 e. The normalized spacial score (nSPS) is 12.4. The van der Waals surface area contributed by atoms with E-state index in [2.05, 4.69) is 12.2 Å². The lowest BCUT2D eigenvalue weighted by Crippen LogP contribution is -2.40. The number of ether oxygens (including phenoxy) is 1. The highest BCUT2D eigenvalue weighted by atomic mass is 16.5. The highest BCUT2D eigenvalue weighted by Gasteiger charge is 2.15. The van der Waals surface area contributed by atoms with Gasteiger partial charge in [-0.2, -0.15) is 0 Å². The molecule has 102 valence electrons. The molecule has 1 atom stereocenters. The fraction of sp³-hybridized carbons (Fsp3) is 0.615.